The number of halogens is 1. The molecule has 5 nitrogen and oxygen atoms in total. The Balaban J connectivity index is 1.74. The summed E-state index contributed by atoms with van der Waals surface area (Å²) in [6.45, 7) is 4.17. The van der Waals surface area contributed by atoms with Crippen LogP contribution >= 0.6 is 15.9 Å². The average molecular weight is 525 g/mol. The highest BCUT2D eigenvalue weighted by atomic mass is 79.9. The fourth-order valence-electron chi connectivity index (χ4n) is 3.93. The number of hydrogen-bond donors (Lipinski definition) is 1. The molecule has 3 aromatic carbocycles. The zero-order chi connectivity index (χ0) is 23.6. The monoisotopic (exact) mass is 524 g/mol. The number of rotatable bonds is 7. The largest absolute Gasteiger partial charge is 0.321 e. The van der Waals surface area contributed by atoms with Gasteiger partial charge >= 0.3 is 0 Å². The zero-order valence-electron chi connectivity index (χ0n) is 18.5. The molecule has 0 aliphatic heterocycles. The second kappa shape index (κ2) is 9.63. The highest BCUT2D eigenvalue weighted by molar-refractivity contribution is 9.10. The smallest absolute Gasteiger partial charge is 0.252 e. The molecule has 0 radical (unpaired) electrons. The number of benzene rings is 3. The summed E-state index contributed by atoms with van der Waals surface area (Å²) in [5.74, 6) is 0. The number of pyridine rings is 1. The lowest BCUT2D eigenvalue weighted by Gasteiger charge is -2.23. The van der Waals surface area contributed by atoms with Crippen molar-refractivity contribution in [3.63, 3.8) is 0 Å². The Bertz CT molecular complexity index is 1480. The Morgan fingerprint density at radius 1 is 0.939 bits per heavy atom. The van der Waals surface area contributed by atoms with Crippen LogP contribution in [-0.2, 0) is 23.0 Å². The topological polar surface area (TPSA) is 70.2 Å². The van der Waals surface area contributed by atoms with E-state index in [1.807, 2.05) is 50.2 Å². The molecule has 0 atom stereocenters. The zero-order valence-corrected chi connectivity index (χ0v) is 20.9. The SMILES string of the molecule is Cc1cccc(CCN(Cc2cc3cccc(C)c3[nH]c2=O)S(=O)(=O)c2ccccc2Br)c1. The Labute approximate surface area is 202 Å². The number of H-pyrrole nitrogens is 1. The molecule has 0 amide bonds. The van der Waals surface area contributed by atoms with Crippen molar-refractivity contribution in [2.24, 2.45) is 0 Å². The van der Waals surface area contributed by atoms with E-state index in [9.17, 15) is 13.2 Å². The third-order valence-electron chi connectivity index (χ3n) is 5.70. The average Bonchev–Trinajstić information content (AvgIpc) is 2.77. The standard InChI is InChI=1S/C26H25BrN2O3S/c1-18-7-5-9-20(15-18)13-14-29(33(31,32)24-12-4-3-11-23(24)27)17-22-16-21-10-6-8-19(2)25(21)28-26(22)30/h3-12,15-16H,13-14,17H2,1-2H3,(H,28,30). The third kappa shape index (κ3) is 5.11. The summed E-state index contributed by atoms with van der Waals surface area (Å²) in [6.07, 6.45) is 0.538. The van der Waals surface area contributed by atoms with Gasteiger partial charge in [0.1, 0.15) is 0 Å². The summed E-state index contributed by atoms with van der Waals surface area (Å²) < 4.78 is 29.2. The van der Waals surface area contributed by atoms with Crippen molar-refractivity contribution in [2.45, 2.75) is 31.7 Å². The molecule has 0 fully saturated rings. The van der Waals surface area contributed by atoms with Gasteiger partial charge in [-0.1, -0.05) is 60.2 Å². The molecule has 4 aromatic rings. The molecule has 0 saturated heterocycles. The van der Waals surface area contributed by atoms with Gasteiger partial charge in [0.2, 0.25) is 10.0 Å². The van der Waals surface area contributed by atoms with Crippen molar-refractivity contribution in [1.29, 1.82) is 0 Å². The summed E-state index contributed by atoms with van der Waals surface area (Å²) in [4.78, 5) is 16.0. The van der Waals surface area contributed by atoms with Crippen LogP contribution < -0.4 is 5.56 Å². The van der Waals surface area contributed by atoms with Crippen LogP contribution in [0.15, 0.2) is 87.0 Å². The molecule has 33 heavy (non-hydrogen) atoms. The Morgan fingerprint density at radius 2 is 1.70 bits per heavy atom. The van der Waals surface area contributed by atoms with Crippen molar-refractivity contribution in [2.75, 3.05) is 6.54 Å². The molecule has 0 aliphatic rings. The minimum absolute atomic E-state index is 0.0191. The van der Waals surface area contributed by atoms with E-state index in [4.69, 9.17) is 0 Å². The predicted octanol–water partition coefficient (Wildman–Crippen LogP) is 5.34. The molecule has 1 aromatic heterocycles. The van der Waals surface area contributed by atoms with Crippen molar-refractivity contribution in [3.05, 3.63) is 110 Å². The van der Waals surface area contributed by atoms with E-state index in [0.29, 0.717) is 16.5 Å². The first kappa shape index (κ1) is 23.4. The second-order valence-corrected chi connectivity index (χ2v) is 10.9. The number of para-hydroxylation sites is 1. The summed E-state index contributed by atoms with van der Waals surface area (Å²) in [6, 6.07) is 22.3. The van der Waals surface area contributed by atoms with E-state index < -0.39 is 10.0 Å². The molecule has 0 saturated carbocycles. The van der Waals surface area contributed by atoms with Crippen LogP contribution in [0.4, 0.5) is 0 Å². The molecular formula is C26H25BrN2O3S. The van der Waals surface area contributed by atoms with Crippen molar-refractivity contribution in [1.82, 2.24) is 9.29 Å². The highest BCUT2D eigenvalue weighted by Crippen LogP contribution is 2.26. The fourth-order valence-corrected chi connectivity index (χ4v) is 6.32. The summed E-state index contributed by atoms with van der Waals surface area (Å²) >= 11 is 3.37. The lowest BCUT2D eigenvalue weighted by atomic mass is 10.1. The first-order chi connectivity index (χ1) is 15.8. The number of nitrogens with one attached hydrogen (secondary N) is 1. The maximum atomic E-state index is 13.7. The van der Waals surface area contributed by atoms with Crippen LogP contribution in [0, 0.1) is 13.8 Å². The lowest BCUT2D eigenvalue weighted by Crippen LogP contribution is -2.34. The summed E-state index contributed by atoms with van der Waals surface area (Å²) in [5.41, 5.74) is 4.03. The van der Waals surface area contributed by atoms with Crippen LogP contribution in [0.5, 0.6) is 0 Å². The number of aryl methyl sites for hydroxylation is 2. The quantitative estimate of drug-likeness (QED) is 0.354. The first-order valence-corrected chi connectivity index (χ1v) is 12.9. The van der Waals surface area contributed by atoms with Gasteiger partial charge in [-0.15, -0.1) is 0 Å². The number of nitrogens with zero attached hydrogens (tertiary/aromatic N) is 1. The first-order valence-electron chi connectivity index (χ1n) is 10.7. The van der Waals surface area contributed by atoms with Crippen LogP contribution in [-0.4, -0.2) is 24.3 Å². The van der Waals surface area contributed by atoms with Crippen molar-refractivity contribution in [3.8, 4) is 0 Å². The number of hydrogen-bond acceptors (Lipinski definition) is 3. The van der Waals surface area contributed by atoms with Gasteiger partial charge in [-0.25, -0.2) is 8.42 Å². The van der Waals surface area contributed by atoms with E-state index >= 15 is 0 Å². The normalized spacial score (nSPS) is 11.9. The lowest BCUT2D eigenvalue weighted by molar-refractivity contribution is 0.408. The number of aromatic nitrogens is 1. The minimum Gasteiger partial charge on any atom is -0.321 e. The fraction of sp³-hybridized carbons (Fsp3) is 0.192. The van der Waals surface area contributed by atoms with Gasteiger partial charge < -0.3 is 4.98 Å². The summed E-state index contributed by atoms with van der Waals surface area (Å²) in [5, 5.41) is 0.876. The molecule has 0 bridgehead atoms. The van der Waals surface area contributed by atoms with Gasteiger partial charge in [-0.3, -0.25) is 4.79 Å². The van der Waals surface area contributed by atoms with Gasteiger partial charge in [0.25, 0.3) is 5.56 Å². The highest BCUT2D eigenvalue weighted by Gasteiger charge is 2.27. The number of aromatic amines is 1. The molecule has 1 N–H and O–H groups in total. The maximum Gasteiger partial charge on any atom is 0.252 e. The van der Waals surface area contributed by atoms with Crippen LogP contribution in [0.1, 0.15) is 22.3 Å². The molecule has 7 heteroatoms. The van der Waals surface area contributed by atoms with E-state index in [-0.39, 0.29) is 23.5 Å². The molecular weight excluding hydrogens is 500 g/mol. The number of fused-ring (bicyclic) bond motifs is 1. The van der Waals surface area contributed by atoms with Crippen LogP contribution in [0.2, 0.25) is 0 Å². The van der Waals surface area contributed by atoms with Crippen LogP contribution in [0.3, 0.4) is 0 Å². The molecule has 1 heterocycles. The third-order valence-corrected chi connectivity index (χ3v) is 8.56. The van der Waals surface area contributed by atoms with Gasteiger partial charge in [0.05, 0.1) is 10.4 Å². The van der Waals surface area contributed by atoms with E-state index in [1.165, 1.54) is 4.31 Å². The van der Waals surface area contributed by atoms with Gasteiger partial charge in [-0.2, -0.15) is 4.31 Å². The molecule has 4 rings (SSSR count). The second-order valence-electron chi connectivity index (χ2n) is 8.17. The molecule has 0 spiro atoms. The van der Waals surface area contributed by atoms with Gasteiger partial charge in [0, 0.05) is 23.1 Å². The van der Waals surface area contributed by atoms with E-state index in [0.717, 1.165) is 27.6 Å². The molecule has 0 aliphatic carbocycles. The maximum absolute atomic E-state index is 13.7. The van der Waals surface area contributed by atoms with Gasteiger partial charge in [-0.05, 0) is 70.9 Å². The molecule has 170 valence electrons. The minimum atomic E-state index is -3.85. The van der Waals surface area contributed by atoms with Crippen molar-refractivity contribution < 1.29 is 8.42 Å². The van der Waals surface area contributed by atoms with E-state index in [1.54, 1.807) is 30.3 Å². The summed E-state index contributed by atoms with van der Waals surface area (Å²) in [7, 11) is -3.85. The Morgan fingerprint density at radius 3 is 2.45 bits per heavy atom. The Kier molecular flexibility index (Phi) is 6.83. The van der Waals surface area contributed by atoms with Crippen molar-refractivity contribution >= 4 is 36.9 Å². The molecule has 0 unspecified atom stereocenters. The van der Waals surface area contributed by atoms with E-state index in [2.05, 4.69) is 27.0 Å². The van der Waals surface area contributed by atoms with Crippen LogP contribution in [0.25, 0.3) is 10.9 Å². The predicted molar refractivity (Wildman–Crippen MR) is 136 cm³/mol. The Hall–Kier alpha value is -2.74. The number of sulfonamides is 1. The van der Waals surface area contributed by atoms with Gasteiger partial charge in [0.15, 0.2) is 0 Å².